The Morgan fingerprint density at radius 1 is 0.511 bits per heavy atom. The molecule has 3 heterocycles. The van der Waals surface area contributed by atoms with Gasteiger partial charge in [-0.3, -0.25) is 0 Å². The van der Waals surface area contributed by atoms with Crippen LogP contribution in [0.1, 0.15) is 101 Å². The van der Waals surface area contributed by atoms with E-state index in [2.05, 4.69) is 82.3 Å². The summed E-state index contributed by atoms with van der Waals surface area (Å²) in [7, 11) is 0. The molecule has 3 atom stereocenters. The average Bonchev–Trinajstić information content (AvgIpc) is 3.93. The zero-order valence-corrected chi connectivity index (χ0v) is 30.7. The monoisotopic (exact) mass is 648 g/mol. The molecule has 3 aromatic carbocycles. The molecule has 0 spiro atoms. The topological polar surface area (TPSA) is 65.3 Å². The highest BCUT2D eigenvalue weighted by Gasteiger charge is 2.33. The van der Waals surface area contributed by atoms with E-state index >= 15 is 0 Å². The fourth-order valence-electron chi connectivity index (χ4n) is 5.47. The van der Waals surface area contributed by atoms with Crippen LogP contribution in [0.15, 0.2) is 54.6 Å². The zero-order chi connectivity index (χ0) is 34.4. The van der Waals surface area contributed by atoms with Crippen molar-refractivity contribution in [1.29, 1.82) is 0 Å². The van der Waals surface area contributed by atoms with Gasteiger partial charge in [-0.1, -0.05) is 77.9 Å². The van der Waals surface area contributed by atoms with E-state index in [0.717, 1.165) is 73.0 Å². The first kappa shape index (κ1) is 38.4. The largest absolute Gasteiger partial charge is 0.493 e. The van der Waals surface area contributed by atoms with Crippen LogP contribution >= 0.6 is 0 Å². The molecular weight excluding hydrogens is 588 g/mol. The van der Waals surface area contributed by atoms with Crippen LogP contribution in [0.25, 0.3) is 0 Å². The van der Waals surface area contributed by atoms with E-state index in [4.69, 9.17) is 28.4 Å². The van der Waals surface area contributed by atoms with Gasteiger partial charge in [-0.2, -0.15) is 0 Å². The molecule has 3 aliphatic rings. The van der Waals surface area contributed by atoms with E-state index < -0.39 is 5.41 Å². The molecule has 0 amide bonds. The summed E-state index contributed by atoms with van der Waals surface area (Å²) in [6.45, 7) is 25.3. The van der Waals surface area contributed by atoms with Crippen molar-refractivity contribution in [1.82, 2.24) is 0 Å². The molecule has 0 N–H and O–H groups in total. The van der Waals surface area contributed by atoms with Crippen molar-refractivity contribution in [3.63, 3.8) is 0 Å². The molecule has 6 rings (SSSR count). The predicted molar refractivity (Wildman–Crippen MR) is 193 cm³/mol. The lowest BCUT2D eigenvalue weighted by Gasteiger charge is -2.33. The molecule has 3 saturated heterocycles. The lowest BCUT2D eigenvalue weighted by atomic mass is 9.70. The van der Waals surface area contributed by atoms with Crippen LogP contribution in [-0.2, 0) is 19.6 Å². The molecule has 0 aliphatic carbocycles. The number of hydrogen-bond acceptors (Lipinski definition) is 6. The fraction of sp³-hybridized carbons (Fsp3) is 0.561. The second kappa shape index (κ2) is 19.1. The number of ether oxygens (including phenoxy) is 6. The van der Waals surface area contributed by atoms with Crippen LogP contribution in [0.4, 0.5) is 0 Å². The Bertz CT molecular complexity index is 1190. The van der Waals surface area contributed by atoms with Crippen LogP contribution in [-0.4, -0.2) is 58.0 Å². The van der Waals surface area contributed by atoms with Gasteiger partial charge in [-0.25, -0.2) is 0 Å². The van der Waals surface area contributed by atoms with Gasteiger partial charge in [0.05, 0.1) is 58.0 Å². The molecule has 3 fully saturated rings. The minimum atomic E-state index is -0.401. The first-order chi connectivity index (χ1) is 22.9. The third kappa shape index (κ3) is 11.0. The molecular formula is C41H60O6. The Morgan fingerprint density at radius 2 is 0.766 bits per heavy atom. The van der Waals surface area contributed by atoms with Crippen LogP contribution in [0.2, 0.25) is 0 Å². The Kier molecular flexibility index (Phi) is 15.6. The quantitative estimate of drug-likeness (QED) is 0.121. The maximum Gasteiger partial charge on any atom is 0.122 e. The molecule has 47 heavy (non-hydrogen) atoms. The molecule has 260 valence electrons. The summed E-state index contributed by atoms with van der Waals surface area (Å²) in [4.78, 5) is 0. The fourth-order valence-corrected chi connectivity index (χ4v) is 5.47. The van der Waals surface area contributed by atoms with Crippen molar-refractivity contribution in [3.8, 4) is 17.2 Å². The van der Waals surface area contributed by atoms with Crippen LogP contribution in [0, 0.1) is 20.8 Å². The van der Waals surface area contributed by atoms with Gasteiger partial charge >= 0.3 is 0 Å². The summed E-state index contributed by atoms with van der Waals surface area (Å²) in [6.07, 6.45) is 3.90. The number of epoxide rings is 3. The summed E-state index contributed by atoms with van der Waals surface area (Å²) in [5, 5.41) is 0. The maximum absolute atomic E-state index is 6.12. The summed E-state index contributed by atoms with van der Waals surface area (Å²) in [6, 6.07) is 19.8. The lowest BCUT2D eigenvalue weighted by Crippen LogP contribution is -2.26. The van der Waals surface area contributed by atoms with E-state index in [-0.39, 0.29) is 0 Å². The Labute approximate surface area is 285 Å². The molecule has 0 radical (unpaired) electrons. The third-order valence-corrected chi connectivity index (χ3v) is 8.56. The minimum Gasteiger partial charge on any atom is -0.493 e. The number of aryl methyl sites for hydroxylation is 3. The number of hydrogen-bond donors (Lipinski definition) is 0. The van der Waals surface area contributed by atoms with Crippen molar-refractivity contribution in [2.45, 2.75) is 112 Å². The van der Waals surface area contributed by atoms with Crippen LogP contribution < -0.4 is 14.2 Å². The summed E-state index contributed by atoms with van der Waals surface area (Å²) in [5.74, 6) is 2.78. The SMILES string of the molecule is CC.CC.CC.Cc1cc(C(C)(c2ccc(OCCC3CO3)c(C)c2)c2ccc(OCCC3CO3)c(C)c2)ccc1OCCC1CO1. The average molecular weight is 649 g/mol. The highest BCUT2D eigenvalue weighted by molar-refractivity contribution is 5.55. The molecule has 3 aliphatic heterocycles. The molecule has 3 unspecified atom stereocenters. The van der Waals surface area contributed by atoms with Crippen molar-refractivity contribution < 1.29 is 28.4 Å². The van der Waals surface area contributed by atoms with Gasteiger partial charge in [0.2, 0.25) is 0 Å². The molecule has 0 bridgehead atoms. The molecule has 0 saturated carbocycles. The zero-order valence-electron chi connectivity index (χ0n) is 30.7. The third-order valence-electron chi connectivity index (χ3n) is 8.56. The first-order valence-electron chi connectivity index (χ1n) is 18.0. The second-order valence-electron chi connectivity index (χ2n) is 11.8. The van der Waals surface area contributed by atoms with Crippen LogP contribution in [0.3, 0.4) is 0 Å². The molecule has 6 nitrogen and oxygen atoms in total. The first-order valence-corrected chi connectivity index (χ1v) is 18.0. The van der Waals surface area contributed by atoms with Crippen LogP contribution in [0.5, 0.6) is 17.2 Å². The van der Waals surface area contributed by atoms with E-state index in [1.54, 1.807) is 0 Å². The highest BCUT2D eigenvalue weighted by atomic mass is 16.6. The van der Waals surface area contributed by atoms with E-state index in [9.17, 15) is 0 Å². The Morgan fingerprint density at radius 3 is 0.979 bits per heavy atom. The van der Waals surface area contributed by atoms with Gasteiger partial charge < -0.3 is 28.4 Å². The lowest BCUT2D eigenvalue weighted by molar-refractivity contribution is 0.281. The van der Waals surface area contributed by atoms with Gasteiger partial charge in [0.1, 0.15) is 17.2 Å². The minimum absolute atomic E-state index is 0.368. The van der Waals surface area contributed by atoms with Gasteiger partial charge in [0.25, 0.3) is 0 Å². The summed E-state index contributed by atoms with van der Waals surface area (Å²) < 4.78 is 34.4. The van der Waals surface area contributed by atoms with E-state index in [0.29, 0.717) is 38.1 Å². The normalized spacial score (nSPS) is 19.7. The van der Waals surface area contributed by atoms with Crippen molar-refractivity contribution in [2.75, 3.05) is 39.6 Å². The molecule has 3 aromatic rings. The number of rotatable bonds is 15. The van der Waals surface area contributed by atoms with Crippen molar-refractivity contribution in [3.05, 3.63) is 88.0 Å². The van der Waals surface area contributed by atoms with Gasteiger partial charge in [0, 0.05) is 24.7 Å². The van der Waals surface area contributed by atoms with Crippen molar-refractivity contribution >= 4 is 0 Å². The standard InChI is InChI=1S/C35H42O6.3C2H6/c1-23-17-26(5-8-32(23)36-14-11-29-20-39-29)35(4,27-6-9-33(24(2)18-27)37-15-12-30-21-40-30)28-7-10-34(25(3)19-28)38-16-13-31-22-41-31;3*1-2/h5-10,17-19,29-31H,11-16,20-22H2,1-4H3;3*1-2H3. The van der Waals surface area contributed by atoms with Gasteiger partial charge in [-0.15, -0.1) is 0 Å². The van der Waals surface area contributed by atoms with Gasteiger partial charge in [0.15, 0.2) is 0 Å². The number of benzene rings is 3. The van der Waals surface area contributed by atoms with E-state index in [1.165, 1.54) is 16.7 Å². The predicted octanol–water partition coefficient (Wildman–Crippen LogP) is 9.55. The van der Waals surface area contributed by atoms with Crippen molar-refractivity contribution in [2.24, 2.45) is 0 Å². The highest BCUT2D eigenvalue weighted by Crippen LogP contribution is 2.43. The Hall–Kier alpha value is -3.06. The van der Waals surface area contributed by atoms with E-state index in [1.807, 2.05) is 41.5 Å². The molecule has 0 aromatic heterocycles. The van der Waals surface area contributed by atoms with Gasteiger partial charge in [-0.05, 0) is 79.3 Å². The smallest absolute Gasteiger partial charge is 0.122 e. The maximum atomic E-state index is 6.12. The summed E-state index contributed by atoms with van der Waals surface area (Å²) in [5.41, 5.74) is 6.62. The second-order valence-corrected chi connectivity index (χ2v) is 11.8. The molecule has 6 heteroatoms. The summed E-state index contributed by atoms with van der Waals surface area (Å²) >= 11 is 0. The Balaban J connectivity index is 0.000000947.